The van der Waals surface area contributed by atoms with Crippen LogP contribution < -0.4 is 11.2 Å². The van der Waals surface area contributed by atoms with E-state index in [0.29, 0.717) is 0 Å². The Hall–Kier alpha value is -1.92. The summed E-state index contributed by atoms with van der Waals surface area (Å²) in [6, 6.07) is 1.24. The van der Waals surface area contributed by atoms with Gasteiger partial charge in [0.05, 0.1) is 6.61 Å². The van der Waals surface area contributed by atoms with Gasteiger partial charge in [-0.2, -0.15) is 0 Å². The molecule has 1 aromatic rings. The normalized spacial score (nSPS) is 35.5. The molecule has 1 spiro atoms. The van der Waals surface area contributed by atoms with Gasteiger partial charge in [0, 0.05) is 25.1 Å². The van der Waals surface area contributed by atoms with Gasteiger partial charge in [0.25, 0.3) is 5.56 Å². The van der Waals surface area contributed by atoms with E-state index in [2.05, 4.69) is 16.8 Å². The fourth-order valence-electron chi connectivity index (χ4n) is 4.10. The lowest BCUT2D eigenvalue weighted by Gasteiger charge is -2.30. The molecule has 4 rings (SSSR count). The second-order valence-corrected chi connectivity index (χ2v) is 6.65. The third kappa shape index (κ3) is 2.39. The van der Waals surface area contributed by atoms with Crippen molar-refractivity contribution in [2.45, 2.75) is 62.4 Å². The highest BCUT2D eigenvalue weighted by atomic mass is 16.8. The minimum atomic E-state index is -1.21. The Labute approximate surface area is 143 Å². The van der Waals surface area contributed by atoms with Crippen molar-refractivity contribution in [2.24, 2.45) is 0 Å². The zero-order valence-electron chi connectivity index (χ0n) is 13.9. The van der Waals surface area contributed by atoms with Crippen molar-refractivity contribution in [3.05, 3.63) is 33.1 Å². The third-order valence-corrected chi connectivity index (χ3v) is 5.10. The van der Waals surface area contributed by atoms with Crippen LogP contribution in [0.25, 0.3) is 0 Å². The minimum Gasteiger partial charge on any atom is -0.394 e. The lowest BCUT2D eigenvalue weighted by Crippen LogP contribution is -2.47. The van der Waals surface area contributed by atoms with E-state index in [-0.39, 0.29) is 6.61 Å². The number of aliphatic hydroxyl groups is 1. The van der Waals surface area contributed by atoms with Crippen LogP contribution in [0.5, 0.6) is 0 Å². The molecule has 1 aliphatic carbocycles. The molecule has 134 valence electrons. The molecule has 0 amide bonds. The molecular weight excluding hydrogens is 328 g/mol. The van der Waals surface area contributed by atoms with Gasteiger partial charge in [0.15, 0.2) is 12.0 Å². The van der Waals surface area contributed by atoms with Crippen LogP contribution in [-0.4, -0.2) is 44.9 Å². The number of aromatic amines is 1. The number of hydrogen-bond acceptors (Lipinski definition) is 6. The summed E-state index contributed by atoms with van der Waals surface area (Å²) < 4.78 is 19.7. The smallest absolute Gasteiger partial charge is 0.330 e. The number of nitrogens with zero attached hydrogens (tertiary/aromatic N) is 1. The van der Waals surface area contributed by atoms with E-state index < -0.39 is 41.1 Å². The van der Waals surface area contributed by atoms with E-state index in [1.165, 1.54) is 16.8 Å². The average molecular weight is 348 g/mol. The third-order valence-electron chi connectivity index (χ3n) is 5.10. The largest absolute Gasteiger partial charge is 0.394 e. The monoisotopic (exact) mass is 348 g/mol. The van der Waals surface area contributed by atoms with E-state index >= 15 is 0 Å². The number of aliphatic hydroxyl groups excluding tert-OH is 1. The summed E-state index contributed by atoms with van der Waals surface area (Å²) in [5.74, 6) is 5.14. The van der Waals surface area contributed by atoms with Crippen molar-refractivity contribution in [2.75, 3.05) is 6.61 Å². The van der Waals surface area contributed by atoms with Gasteiger partial charge in [0.2, 0.25) is 5.60 Å². The Morgan fingerprint density at radius 2 is 2.16 bits per heavy atom. The van der Waals surface area contributed by atoms with Crippen molar-refractivity contribution >= 4 is 0 Å². The highest BCUT2D eigenvalue weighted by Crippen LogP contribution is 2.54. The van der Waals surface area contributed by atoms with Gasteiger partial charge in [-0.25, -0.2) is 4.79 Å². The Balaban J connectivity index is 1.84. The van der Waals surface area contributed by atoms with Crippen LogP contribution >= 0.6 is 0 Å². The summed E-state index contributed by atoms with van der Waals surface area (Å²) in [6.45, 7) is 1.39. The topological polar surface area (TPSA) is 103 Å². The van der Waals surface area contributed by atoms with Gasteiger partial charge in [-0.05, 0) is 19.8 Å². The Morgan fingerprint density at radius 3 is 2.80 bits per heavy atom. The molecule has 4 unspecified atom stereocenters. The van der Waals surface area contributed by atoms with Crippen LogP contribution in [0.3, 0.4) is 0 Å². The molecule has 1 aromatic heterocycles. The van der Waals surface area contributed by atoms with Crippen molar-refractivity contribution < 1.29 is 19.3 Å². The van der Waals surface area contributed by atoms with Crippen LogP contribution in [-0.2, 0) is 14.2 Å². The Bertz CT molecular complexity index is 843. The van der Waals surface area contributed by atoms with E-state index in [9.17, 15) is 14.7 Å². The van der Waals surface area contributed by atoms with Crippen LogP contribution in [0.1, 0.15) is 38.8 Å². The molecule has 0 radical (unpaired) electrons. The summed E-state index contributed by atoms with van der Waals surface area (Å²) in [5.41, 5.74) is -2.33. The number of ether oxygens (including phenoxy) is 3. The highest BCUT2D eigenvalue weighted by molar-refractivity contribution is 5.26. The molecule has 25 heavy (non-hydrogen) atoms. The van der Waals surface area contributed by atoms with Gasteiger partial charge >= 0.3 is 5.69 Å². The van der Waals surface area contributed by atoms with E-state index in [0.717, 1.165) is 25.7 Å². The molecule has 0 bridgehead atoms. The molecule has 3 fully saturated rings. The first kappa shape index (κ1) is 16.5. The minimum absolute atomic E-state index is 0.286. The molecule has 3 heterocycles. The predicted octanol–water partition coefficient (Wildman–Crippen LogP) is -0.126. The maximum absolute atomic E-state index is 12.3. The van der Waals surface area contributed by atoms with Crippen molar-refractivity contribution in [3.8, 4) is 11.8 Å². The first-order valence-electron chi connectivity index (χ1n) is 8.43. The van der Waals surface area contributed by atoms with Gasteiger partial charge < -0.3 is 19.3 Å². The Kier molecular flexibility index (Phi) is 3.85. The Morgan fingerprint density at radius 1 is 1.40 bits per heavy atom. The highest BCUT2D eigenvalue weighted by Gasteiger charge is 2.68. The molecule has 2 saturated heterocycles. The second-order valence-electron chi connectivity index (χ2n) is 6.65. The summed E-state index contributed by atoms with van der Waals surface area (Å²) >= 11 is 0. The molecular formula is C17H20N2O6. The maximum atomic E-state index is 12.3. The van der Waals surface area contributed by atoms with Crippen LogP contribution in [0.15, 0.2) is 21.9 Å². The van der Waals surface area contributed by atoms with Crippen LogP contribution in [0.2, 0.25) is 0 Å². The lowest BCUT2D eigenvalue weighted by molar-refractivity contribution is -0.226. The summed E-state index contributed by atoms with van der Waals surface area (Å²) in [5, 5.41) is 9.75. The predicted molar refractivity (Wildman–Crippen MR) is 85.7 cm³/mol. The fraction of sp³-hybridized carbons (Fsp3) is 0.647. The molecule has 2 aliphatic heterocycles. The molecule has 8 nitrogen and oxygen atoms in total. The maximum Gasteiger partial charge on any atom is 0.330 e. The molecule has 2 N–H and O–H groups in total. The standard InChI is InChI=1S/C17H20N2O6/c1-2-6-17-13(24-16(25-17)7-3-4-8-16)11(10-20)23-14(17)19-9-5-12(21)18-15(19)22/h5,9,11,13-14,20H,3-4,7-8,10H2,1H3,(H,18,21,22). The number of rotatable bonds is 2. The second kappa shape index (κ2) is 5.81. The lowest BCUT2D eigenvalue weighted by atomic mass is 9.94. The zero-order valence-corrected chi connectivity index (χ0v) is 13.9. The SMILES string of the molecule is CC#CC12OC3(CCCC3)OC1C(CO)OC2n1ccc(=O)[nH]c1=O. The molecule has 1 saturated carbocycles. The first-order chi connectivity index (χ1) is 12.0. The van der Waals surface area contributed by atoms with E-state index in [1.54, 1.807) is 6.92 Å². The summed E-state index contributed by atoms with van der Waals surface area (Å²) in [6.07, 6.45) is 2.57. The summed E-state index contributed by atoms with van der Waals surface area (Å²) in [7, 11) is 0. The van der Waals surface area contributed by atoms with Crippen molar-refractivity contribution in [1.29, 1.82) is 0 Å². The number of aromatic nitrogens is 2. The summed E-state index contributed by atoms with van der Waals surface area (Å²) in [4.78, 5) is 25.9. The van der Waals surface area contributed by atoms with Crippen molar-refractivity contribution in [1.82, 2.24) is 9.55 Å². The number of fused-ring (bicyclic) bond motifs is 1. The average Bonchev–Trinajstić information content (AvgIpc) is 3.22. The van der Waals surface area contributed by atoms with E-state index in [1.807, 2.05) is 0 Å². The van der Waals surface area contributed by atoms with Crippen LogP contribution in [0, 0.1) is 11.8 Å². The quantitative estimate of drug-likeness (QED) is 0.722. The van der Waals surface area contributed by atoms with Gasteiger partial charge in [-0.1, -0.05) is 5.92 Å². The zero-order chi connectivity index (χ0) is 17.7. The van der Waals surface area contributed by atoms with Gasteiger partial charge in [-0.3, -0.25) is 14.3 Å². The molecule has 8 heteroatoms. The molecule has 4 atom stereocenters. The number of H-pyrrole nitrogens is 1. The fourth-order valence-corrected chi connectivity index (χ4v) is 4.10. The van der Waals surface area contributed by atoms with E-state index in [4.69, 9.17) is 14.2 Å². The molecule has 0 aromatic carbocycles. The van der Waals surface area contributed by atoms with Crippen molar-refractivity contribution in [3.63, 3.8) is 0 Å². The number of nitrogens with one attached hydrogen (secondary N) is 1. The number of hydrogen-bond donors (Lipinski definition) is 2. The first-order valence-corrected chi connectivity index (χ1v) is 8.43. The molecule has 3 aliphatic rings. The van der Waals surface area contributed by atoms with Gasteiger partial charge in [0.1, 0.15) is 12.2 Å². The van der Waals surface area contributed by atoms with Gasteiger partial charge in [-0.15, -0.1) is 5.92 Å². The van der Waals surface area contributed by atoms with Crippen LogP contribution in [0.4, 0.5) is 0 Å².